The number of amides is 1. The van der Waals surface area contributed by atoms with Crippen LogP contribution in [0.1, 0.15) is 40.7 Å². The van der Waals surface area contributed by atoms with Crippen molar-refractivity contribution < 1.29 is 4.79 Å². The minimum Gasteiger partial charge on any atom is -0.329 e. The van der Waals surface area contributed by atoms with E-state index < -0.39 is 0 Å². The monoisotopic (exact) mass is 388 g/mol. The molecule has 4 aromatic rings. The predicted octanol–water partition coefficient (Wildman–Crippen LogP) is 4.85. The van der Waals surface area contributed by atoms with Crippen LogP contribution in [0.2, 0.25) is 0 Å². The Bertz CT molecular complexity index is 1080. The van der Waals surface area contributed by atoms with Gasteiger partial charge < -0.3 is 4.90 Å². The van der Waals surface area contributed by atoms with Crippen LogP contribution < -0.4 is 0 Å². The Balaban J connectivity index is 1.45. The molecule has 0 spiro atoms. The average molecular weight is 388 g/mol. The first-order chi connectivity index (χ1) is 13.8. The third-order valence-corrected chi connectivity index (χ3v) is 6.35. The third kappa shape index (κ3) is 3.10. The minimum absolute atomic E-state index is 0.0335. The summed E-state index contributed by atoms with van der Waals surface area (Å²) in [6, 6.07) is 18.1. The topological polar surface area (TPSA) is 51.0 Å². The van der Waals surface area contributed by atoms with Crippen LogP contribution in [0.5, 0.6) is 0 Å². The summed E-state index contributed by atoms with van der Waals surface area (Å²) in [5.74, 6) is 0.0335. The zero-order chi connectivity index (χ0) is 18.9. The Morgan fingerprint density at radius 1 is 1.04 bits per heavy atom. The number of piperidine rings is 1. The van der Waals surface area contributed by atoms with E-state index in [2.05, 4.69) is 11.2 Å². The lowest BCUT2D eigenvalue weighted by Crippen LogP contribution is -2.38. The molecule has 0 radical (unpaired) electrons. The molecule has 1 aliphatic rings. The highest BCUT2D eigenvalue weighted by Gasteiger charge is 2.31. The van der Waals surface area contributed by atoms with E-state index in [9.17, 15) is 4.79 Å². The van der Waals surface area contributed by atoms with Gasteiger partial charge in [0, 0.05) is 12.7 Å². The third-order valence-electron chi connectivity index (χ3n) is 5.21. The first kappa shape index (κ1) is 17.1. The Morgan fingerprint density at radius 2 is 1.86 bits per heavy atom. The number of rotatable bonds is 3. The smallest absolute Gasteiger partial charge is 0.257 e. The molecule has 0 aliphatic carbocycles. The van der Waals surface area contributed by atoms with Gasteiger partial charge in [0.2, 0.25) is 0 Å². The lowest BCUT2D eigenvalue weighted by molar-refractivity contribution is 0.0611. The van der Waals surface area contributed by atoms with Crippen molar-refractivity contribution in [3.8, 4) is 5.69 Å². The van der Waals surface area contributed by atoms with Crippen LogP contribution in [-0.2, 0) is 0 Å². The van der Waals surface area contributed by atoms with E-state index in [-0.39, 0.29) is 11.9 Å². The van der Waals surface area contributed by atoms with Gasteiger partial charge in [-0.25, -0.2) is 9.67 Å². The zero-order valence-electron chi connectivity index (χ0n) is 15.4. The molecule has 3 heterocycles. The van der Waals surface area contributed by atoms with Gasteiger partial charge in [-0.05, 0) is 43.5 Å². The molecule has 1 atom stereocenters. The van der Waals surface area contributed by atoms with Gasteiger partial charge in [-0.2, -0.15) is 5.10 Å². The molecular formula is C22H20N4OS. The van der Waals surface area contributed by atoms with Crippen LogP contribution in [0.4, 0.5) is 0 Å². The standard InChI is InChI=1S/C22H20N4OS/c27-22(16-14-23-26(15-16)17-8-2-1-3-9-17)25-13-7-6-11-19(25)21-24-18-10-4-5-12-20(18)28-21/h1-5,8-10,12,14-15,19H,6-7,11,13H2. The number of hydrogen-bond acceptors (Lipinski definition) is 4. The van der Waals surface area contributed by atoms with Gasteiger partial charge in [-0.1, -0.05) is 30.3 Å². The maximum Gasteiger partial charge on any atom is 0.257 e. The highest BCUT2D eigenvalue weighted by atomic mass is 32.1. The van der Waals surface area contributed by atoms with Crippen LogP contribution in [0.25, 0.3) is 15.9 Å². The van der Waals surface area contributed by atoms with Crippen molar-refractivity contribution in [2.45, 2.75) is 25.3 Å². The number of fused-ring (bicyclic) bond motifs is 1. The van der Waals surface area contributed by atoms with E-state index >= 15 is 0 Å². The summed E-state index contributed by atoms with van der Waals surface area (Å²) in [6.45, 7) is 0.760. The average Bonchev–Trinajstić information content (AvgIpc) is 3.41. The molecule has 1 aliphatic heterocycles. The first-order valence-corrected chi connectivity index (χ1v) is 10.4. The quantitative estimate of drug-likeness (QED) is 0.504. The Hall–Kier alpha value is -2.99. The van der Waals surface area contributed by atoms with E-state index in [4.69, 9.17) is 4.98 Å². The molecular weight excluding hydrogens is 368 g/mol. The summed E-state index contributed by atoms with van der Waals surface area (Å²) < 4.78 is 2.93. The highest BCUT2D eigenvalue weighted by molar-refractivity contribution is 7.18. The van der Waals surface area contributed by atoms with E-state index in [0.717, 1.165) is 42.0 Å². The number of carbonyl (C=O) groups excluding carboxylic acids is 1. The highest BCUT2D eigenvalue weighted by Crippen LogP contribution is 2.36. The normalized spacial score (nSPS) is 17.1. The fourth-order valence-electron chi connectivity index (χ4n) is 3.78. The maximum absolute atomic E-state index is 13.3. The van der Waals surface area contributed by atoms with Gasteiger partial charge in [0.1, 0.15) is 5.01 Å². The number of carbonyl (C=O) groups is 1. The summed E-state index contributed by atoms with van der Waals surface area (Å²) in [6.07, 6.45) is 6.59. The molecule has 5 nitrogen and oxygen atoms in total. The second-order valence-electron chi connectivity index (χ2n) is 7.04. The molecule has 5 rings (SSSR count). The molecule has 1 fully saturated rings. The minimum atomic E-state index is 0.0335. The molecule has 1 saturated heterocycles. The summed E-state index contributed by atoms with van der Waals surface area (Å²) in [5, 5.41) is 5.42. The Kier molecular flexibility index (Phi) is 4.41. The molecule has 0 saturated carbocycles. The number of aromatic nitrogens is 3. The molecule has 6 heteroatoms. The number of nitrogens with zero attached hydrogens (tertiary/aromatic N) is 4. The summed E-state index contributed by atoms with van der Waals surface area (Å²) >= 11 is 1.70. The molecule has 2 aromatic carbocycles. The zero-order valence-corrected chi connectivity index (χ0v) is 16.2. The molecule has 1 amide bonds. The van der Waals surface area contributed by atoms with Gasteiger partial charge >= 0.3 is 0 Å². The Morgan fingerprint density at radius 3 is 2.71 bits per heavy atom. The van der Waals surface area contributed by atoms with Gasteiger partial charge in [0.05, 0.1) is 33.7 Å². The lowest BCUT2D eigenvalue weighted by atomic mass is 10.0. The van der Waals surface area contributed by atoms with Gasteiger partial charge in [-0.15, -0.1) is 11.3 Å². The Labute approximate surface area is 167 Å². The molecule has 0 N–H and O–H groups in total. The van der Waals surface area contributed by atoms with Crippen molar-refractivity contribution in [3.63, 3.8) is 0 Å². The number of thiazole rings is 1. The van der Waals surface area contributed by atoms with E-state index in [1.165, 1.54) is 4.70 Å². The van der Waals surface area contributed by atoms with Crippen LogP contribution >= 0.6 is 11.3 Å². The van der Waals surface area contributed by atoms with Crippen molar-refractivity contribution in [1.82, 2.24) is 19.7 Å². The lowest BCUT2D eigenvalue weighted by Gasteiger charge is -2.34. The molecule has 1 unspecified atom stereocenters. The van der Waals surface area contributed by atoms with Crippen molar-refractivity contribution in [2.75, 3.05) is 6.54 Å². The van der Waals surface area contributed by atoms with E-state index in [1.54, 1.807) is 22.2 Å². The maximum atomic E-state index is 13.3. The van der Waals surface area contributed by atoms with Gasteiger partial charge in [-0.3, -0.25) is 4.79 Å². The van der Waals surface area contributed by atoms with Crippen LogP contribution in [0.15, 0.2) is 67.0 Å². The first-order valence-electron chi connectivity index (χ1n) is 9.56. The number of likely N-dealkylation sites (tertiary alicyclic amines) is 1. The predicted molar refractivity (Wildman–Crippen MR) is 111 cm³/mol. The SMILES string of the molecule is O=C(c1cnn(-c2ccccc2)c1)N1CCCCC1c1nc2ccccc2s1. The van der Waals surface area contributed by atoms with Crippen LogP contribution in [-0.4, -0.2) is 32.1 Å². The van der Waals surface area contributed by atoms with Crippen LogP contribution in [0, 0.1) is 0 Å². The van der Waals surface area contributed by atoms with Crippen molar-refractivity contribution >= 4 is 27.5 Å². The fraction of sp³-hybridized carbons (Fsp3) is 0.227. The largest absolute Gasteiger partial charge is 0.329 e. The second-order valence-corrected chi connectivity index (χ2v) is 8.10. The number of para-hydroxylation sites is 2. The molecule has 28 heavy (non-hydrogen) atoms. The van der Waals surface area contributed by atoms with Crippen molar-refractivity contribution in [1.29, 1.82) is 0 Å². The molecule has 140 valence electrons. The summed E-state index contributed by atoms with van der Waals surface area (Å²) in [4.78, 5) is 20.1. The number of benzene rings is 2. The van der Waals surface area contributed by atoms with Crippen molar-refractivity contribution in [3.05, 3.63) is 77.6 Å². The van der Waals surface area contributed by atoms with Gasteiger partial charge in [0.15, 0.2) is 0 Å². The van der Waals surface area contributed by atoms with Crippen LogP contribution in [0.3, 0.4) is 0 Å². The molecule has 0 bridgehead atoms. The van der Waals surface area contributed by atoms with E-state index in [1.807, 2.05) is 59.6 Å². The van der Waals surface area contributed by atoms with Crippen molar-refractivity contribution in [2.24, 2.45) is 0 Å². The summed E-state index contributed by atoms with van der Waals surface area (Å²) in [5.41, 5.74) is 2.58. The number of hydrogen-bond donors (Lipinski definition) is 0. The fourth-order valence-corrected chi connectivity index (χ4v) is 4.90. The second kappa shape index (κ2) is 7.20. The van der Waals surface area contributed by atoms with E-state index in [0.29, 0.717) is 5.56 Å². The van der Waals surface area contributed by atoms with Gasteiger partial charge in [0.25, 0.3) is 5.91 Å². The molecule has 2 aromatic heterocycles. The summed E-state index contributed by atoms with van der Waals surface area (Å²) in [7, 11) is 0.